The summed E-state index contributed by atoms with van der Waals surface area (Å²) in [7, 11) is 2.11. The molecule has 4 rings (SSSR count). The molecule has 0 radical (unpaired) electrons. The Hall–Kier alpha value is -2.89. The van der Waals surface area contributed by atoms with Gasteiger partial charge in [-0.3, -0.25) is 0 Å². The fraction of sp³-hybridized carbons (Fsp3) is 0.375. The quantitative estimate of drug-likeness (QED) is 0.504. The Morgan fingerprint density at radius 1 is 1.16 bits per heavy atom. The highest BCUT2D eigenvalue weighted by molar-refractivity contribution is 9.10. The highest BCUT2D eigenvalue weighted by Gasteiger charge is 2.22. The minimum atomic E-state index is -0.598. The number of ether oxygens (including phenoxy) is 1. The first-order valence-corrected chi connectivity index (χ1v) is 11.3. The van der Waals surface area contributed by atoms with Crippen LogP contribution in [0.15, 0.2) is 41.1 Å². The minimum absolute atomic E-state index is 0.475. The molecule has 3 heterocycles. The Balaban J connectivity index is 1.67. The number of nitrogens with zero attached hydrogens (tertiary/aromatic N) is 5. The van der Waals surface area contributed by atoms with E-state index in [1.54, 1.807) is 12.4 Å². The minimum Gasteiger partial charge on any atom is -0.443 e. The lowest BCUT2D eigenvalue weighted by atomic mass is 10.0. The maximum atomic E-state index is 12.6. The molecule has 0 bridgehead atoms. The van der Waals surface area contributed by atoms with E-state index >= 15 is 0 Å². The molecule has 1 aromatic carbocycles. The second-order valence-corrected chi connectivity index (χ2v) is 9.91. The number of carbonyl (C=O) groups is 1. The highest BCUT2D eigenvalue weighted by Crippen LogP contribution is 2.32. The van der Waals surface area contributed by atoms with Crippen LogP contribution in [-0.4, -0.2) is 59.4 Å². The molecule has 3 aromatic rings. The van der Waals surface area contributed by atoms with Gasteiger partial charge in [-0.05, 0) is 67.5 Å². The lowest BCUT2D eigenvalue weighted by Crippen LogP contribution is -2.44. The number of carbonyl (C=O) groups excluding carboxylic acids is 1. The van der Waals surface area contributed by atoms with Gasteiger partial charge in [-0.25, -0.2) is 14.3 Å². The van der Waals surface area contributed by atoms with Crippen LogP contribution in [0.4, 0.5) is 10.5 Å². The average molecular weight is 496 g/mol. The Labute approximate surface area is 196 Å². The topological polar surface area (TPSA) is 74.4 Å². The summed E-state index contributed by atoms with van der Waals surface area (Å²) in [4.78, 5) is 21.7. The number of halogens is 1. The molecule has 0 spiro atoms. The van der Waals surface area contributed by atoms with Gasteiger partial charge in [0.1, 0.15) is 11.7 Å². The fourth-order valence-corrected chi connectivity index (χ4v) is 4.30. The van der Waals surface area contributed by atoms with Crippen LogP contribution in [0.1, 0.15) is 26.3 Å². The zero-order valence-electron chi connectivity index (χ0n) is 18.7. The lowest BCUT2D eigenvalue weighted by molar-refractivity contribution is 0.0543. The normalized spacial score (nSPS) is 15.1. The number of aromatic nitrogens is 2. The van der Waals surface area contributed by atoms with E-state index < -0.39 is 11.7 Å². The molecular formula is C24H26BrN5O2. The zero-order valence-corrected chi connectivity index (χ0v) is 20.3. The van der Waals surface area contributed by atoms with E-state index in [0.717, 1.165) is 52.9 Å². The van der Waals surface area contributed by atoms with Crippen LogP contribution in [0.5, 0.6) is 0 Å². The summed E-state index contributed by atoms with van der Waals surface area (Å²) in [5.41, 5.74) is 3.32. The third-order valence-electron chi connectivity index (χ3n) is 5.48. The second kappa shape index (κ2) is 8.57. The van der Waals surface area contributed by atoms with Crippen molar-refractivity contribution in [3.05, 3.63) is 46.7 Å². The standard InChI is InChI=1S/C24H26BrN5O2/c1-24(2,3)32-23(31)30-15-20(25)19-12-18(14-27-22(19)30)16-5-6-21(17(11-16)13-26)29-9-7-28(4)8-10-29/h5-6,11-12,14-15H,7-10H2,1-4H3. The molecular weight excluding hydrogens is 470 g/mol. The summed E-state index contributed by atoms with van der Waals surface area (Å²) in [6.45, 7) is 9.26. The maximum Gasteiger partial charge on any atom is 0.420 e. The molecule has 1 saturated heterocycles. The lowest BCUT2D eigenvalue weighted by Gasteiger charge is -2.34. The molecule has 0 saturated carbocycles. The number of anilines is 1. The SMILES string of the molecule is CN1CCN(c2ccc(-c3cnc4c(c3)c(Br)cn4C(=O)OC(C)(C)C)cc2C#N)CC1. The van der Waals surface area contributed by atoms with Crippen LogP contribution in [0, 0.1) is 11.3 Å². The summed E-state index contributed by atoms with van der Waals surface area (Å²) in [6.07, 6.45) is 2.92. The number of piperazine rings is 1. The molecule has 0 N–H and O–H groups in total. The van der Waals surface area contributed by atoms with E-state index in [0.29, 0.717) is 11.2 Å². The summed E-state index contributed by atoms with van der Waals surface area (Å²) >= 11 is 3.54. The van der Waals surface area contributed by atoms with Crippen molar-refractivity contribution < 1.29 is 9.53 Å². The van der Waals surface area contributed by atoms with Crippen molar-refractivity contribution in [3.8, 4) is 17.2 Å². The first kappa shape index (κ1) is 22.3. The highest BCUT2D eigenvalue weighted by atomic mass is 79.9. The monoisotopic (exact) mass is 495 g/mol. The Kier molecular flexibility index (Phi) is 5.97. The number of pyridine rings is 1. The average Bonchev–Trinajstić information content (AvgIpc) is 3.09. The van der Waals surface area contributed by atoms with Crippen LogP contribution in [0.2, 0.25) is 0 Å². The van der Waals surface area contributed by atoms with Gasteiger partial charge < -0.3 is 14.5 Å². The predicted octanol–water partition coefficient (Wildman–Crippen LogP) is 4.87. The van der Waals surface area contributed by atoms with Crippen molar-refractivity contribution in [2.45, 2.75) is 26.4 Å². The van der Waals surface area contributed by atoms with Crippen LogP contribution in [0.25, 0.3) is 22.2 Å². The largest absolute Gasteiger partial charge is 0.443 e. The maximum absolute atomic E-state index is 12.6. The number of hydrogen-bond donors (Lipinski definition) is 0. The first-order valence-electron chi connectivity index (χ1n) is 10.5. The van der Waals surface area contributed by atoms with Gasteiger partial charge >= 0.3 is 6.09 Å². The number of benzene rings is 1. The molecule has 1 fully saturated rings. The van der Waals surface area contributed by atoms with Gasteiger partial charge in [-0.2, -0.15) is 5.26 Å². The second-order valence-electron chi connectivity index (χ2n) is 9.06. The molecule has 7 nitrogen and oxygen atoms in total. The van der Waals surface area contributed by atoms with E-state index in [2.05, 4.69) is 43.8 Å². The van der Waals surface area contributed by atoms with Crippen molar-refractivity contribution in [1.29, 1.82) is 5.26 Å². The molecule has 0 amide bonds. The summed E-state index contributed by atoms with van der Waals surface area (Å²) in [6, 6.07) is 10.3. The molecule has 1 aliphatic heterocycles. The van der Waals surface area contributed by atoms with Gasteiger partial charge in [0.2, 0.25) is 0 Å². The third kappa shape index (κ3) is 4.50. The van der Waals surface area contributed by atoms with Gasteiger partial charge in [0.25, 0.3) is 0 Å². The molecule has 8 heteroatoms. The number of nitriles is 1. The first-order chi connectivity index (χ1) is 15.2. The Bertz CT molecular complexity index is 1210. The molecule has 0 atom stereocenters. The van der Waals surface area contributed by atoms with E-state index in [9.17, 15) is 10.1 Å². The van der Waals surface area contributed by atoms with Crippen molar-refractivity contribution in [2.24, 2.45) is 0 Å². The fourth-order valence-electron chi connectivity index (χ4n) is 3.81. The van der Waals surface area contributed by atoms with Gasteiger partial charge in [0, 0.05) is 54.0 Å². The van der Waals surface area contributed by atoms with Gasteiger partial charge in [-0.15, -0.1) is 0 Å². The van der Waals surface area contributed by atoms with Gasteiger partial charge in [0.05, 0.1) is 11.3 Å². The van der Waals surface area contributed by atoms with Gasteiger partial charge in [0.15, 0.2) is 5.65 Å². The third-order valence-corrected chi connectivity index (χ3v) is 6.11. The predicted molar refractivity (Wildman–Crippen MR) is 129 cm³/mol. The van der Waals surface area contributed by atoms with E-state index in [1.807, 2.05) is 45.0 Å². The van der Waals surface area contributed by atoms with Crippen molar-refractivity contribution >= 4 is 38.7 Å². The summed E-state index contributed by atoms with van der Waals surface area (Å²) < 4.78 is 7.65. The van der Waals surface area contributed by atoms with Crippen molar-refractivity contribution in [2.75, 3.05) is 38.1 Å². The molecule has 32 heavy (non-hydrogen) atoms. The molecule has 2 aromatic heterocycles. The molecule has 0 aliphatic carbocycles. The molecule has 166 valence electrons. The van der Waals surface area contributed by atoms with Crippen LogP contribution in [0.3, 0.4) is 0 Å². The van der Waals surface area contributed by atoms with E-state index in [4.69, 9.17) is 4.74 Å². The van der Waals surface area contributed by atoms with E-state index in [-0.39, 0.29) is 0 Å². The number of fused-ring (bicyclic) bond motifs is 1. The Morgan fingerprint density at radius 2 is 1.88 bits per heavy atom. The summed E-state index contributed by atoms with van der Waals surface area (Å²) in [5.74, 6) is 0. The number of rotatable bonds is 2. The zero-order chi connectivity index (χ0) is 23.0. The van der Waals surface area contributed by atoms with Crippen LogP contribution < -0.4 is 4.90 Å². The smallest absolute Gasteiger partial charge is 0.420 e. The van der Waals surface area contributed by atoms with Crippen molar-refractivity contribution in [1.82, 2.24) is 14.5 Å². The summed E-state index contributed by atoms with van der Waals surface area (Å²) in [5, 5.41) is 10.6. The van der Waals surface area contributed by atoms with Crippen LogP contribution >= 0.6 is 15.9 Å². The van der Waals surface area contributed by atoms with E-state index in [1.165, 1.54) is 4.57 Å². The van der Waals surface area contributed by atoms with Crippen LogP contribution in [-0.2, 0) is 4.74 Å². The van der Waals surface area contributed by atoms with Gasteiger partial charge in [-0.1, -0.05) is 6.07 Å². The molecule has 1 aliphatic rings. The number of likely N-dealkylation sites (N-methyl/N-ethyl adjacent to an activating group) is 1. The Morgan fingerprint density at radius 3 is 2.53 bits per heavy atom. The number of hydrogen-bond acceptors (Lipinski definition) is 6. The van der Waals surface area contributed by atoms with Crippen molar-refractivity contribution in [3.63, 3.8) is 0 Å². The molecule has 0 unspecified atom stereocenters.